The summed E-state index contributed by atoms with van der Waals surface area (Å²) in [6.45, 7) is -1.09. The Morgan fingerprint density at radius 1 is 1.27 bits per heavy atom. The Balaban J connectivity index is 1.86. The molecule has 0 aliphatic carbocycles. The van der Waals surface area contributed by atoms with Gasteiger partial charge in [0.2, 0.25) is 0 Å². The Morgan fingerprint density at radius 3 is 2.36 bits per heavy atom. The number of halogens is 4. The minimum atomic E-state index is -6.28. The van der Waals surface area contributed by atoms with E-state index in [1.165, 1.54) is 0 Å². The Morgan fingerprint density at radius 2 is 1.91 bits per heavy atom. The second-order valence-electron chi connectivity index (χ2n) is 5.33. The zero-order valence-corrected chi connectivity index (χ0v) is 12.0. The van der Waals surface area contributed by atoms with E-state index in [0.717, 1.165) is 6.42 Å². The summed E-state index contributed by atoms with van der Waals surface area (Å²) >= 11 is 0. The molecule has 2 rings (SSSR count). The molecule has 0 saturated carbocycles. The molecule has 0 spiro atoms. The van der Waals surface area contributed by atoms with Crippen LogP contribution in [0.5, 0.6) is 0 Å². The highest BCUT2D eigenvalue weighted by atomic mass is 32.2. The molecule has 11 heteroatoms. The Hall–Kier alpha value is -0.940. The van der Waals surface area contributed by atoms with Crippen molar-refractivity contribution in [1.82, 2.24) is 0 Å². The molecule has 2 bridgehead atoms. The van der Waals surface area contributed by atoms with Gasteiger partial charge in [-0.05, 0) is 19.3 Å². The van der Waals surface area contributed by atoms with Crippen molar-refractivity contribution >= 4 is 16.1 Å². The van der Waals surface area contributed by atoms with Crippen LogP contribution in [0.2, 0.25) is 0 Å². The maximum atomic E-state index is 13.2. The first-order chi connectivity index (χ1) is 9.96. The largest absolute Gasteiger partial charge is 0.465 e. The van der Waals surface area contributed by atoms with E-state index in [4.69, 9.17) is 9.29 Å². The van der Waals surface area contributed by atoms with E-state index < -0.39 is 46.2 Å². The molecule has 0 aromatic heterocycles. The predicted molar refractivity (Wildman–Crippen MR) is 63.0 cm³/mol. The molecule has 2 aliphatic rings. The molecule has 3 atom stereocenters. The lowest BCUT2D eigenvalue weighted by molar-refractivity contribution is -0.176. The van der Waals surface area contributed by atoms with Gasteiger partial charge < -0.3 is 9.47 Å². The second kappa shape index (κ2) is 5.60. The molecule has 2 saturated heterocycles. The summed E-state index contributed by atoms with van der Waals surface area (Å²) in [6.07, 6.45) is -0.326. The SMILES string of the molecule is O=C(OCCC(F)(F)C(F)(F)S(=O)(=O)O)C1CC2CCC1O2. The molecule has 0 amide bonds. The highest BCUT2D eigenvalue weighted by molar-refractivity contribution is 7.87. The van der Waals surface area contributed by atoms with Gasteiger partial charge in [-0.15, -0.1) is 0 Å². The van der Waals surface area contributed by atoms with Gasteiger partial charge in [0.25, 0.3) is 0 Å². The van der Waals surface area contributed by atoms with Crippen molar-refractivity contribution in [2.24, 2.45) is 5.92 Å². The molecule has 0 radical (unpaired) electrons. The molecule has 2 heterocycles. The number of ether oxygens (including phenoxy) is 2. The van der Waals surface area contributed by atoms with Gasteiger partial charge >= 0.3 is 27.3 Å². The minimum absolute atomic E-state index is 0.0761. The molecule has 2 fully saturated rings. The third-order valence-corrected chi connectivity index (χ3v) is 4.77. The van der Waals surface area contributed by atoms with Gasteiger partial charge in [0.05, 0.1) is 31.2 Å². The molecule has 1 N–H and O–H groups in total. The lowest BCUT2D eigenvalue weighted by Crippen LogP contribution is -2.47. The first-order valence-electron chi connectivity index (χ1n) is 6.50. The highest BCUT2D eigenvalue weighted by Crippen LogP contribution is 2.41. The van der Waals surface area contributed by atoms with Gasteiger partial charge in [0, 0.05) is 0 Å². The standard InChI is InChI=1S/C11H14F4O6S/c12-10(13,11(14,15)22(17,18)19)3-4-20-9(16)7-5-6-1-2-8(7)21-6/h6-8H,1-5H2,(H,17,18,19). The van der Waals surface area contributed by atoms with E-state index in [9.17, 15) is 30.8 Å². The van der Waals surface area contributed by atoms with Crippen molar-refractivity contribution in [3.8, 4) is 0 Å². The molecule has 2 aliphatic heterocycles. The van der Waals surface area contributed by atoms with Gasteiger partial charge in [-0.1, -0.05) is 0 Å². The van der Waals surface area contributed by atoms with Gasteiger partial charge in [-0.2, -0.15) is 26.0 Å². The zero-order chi connectivity index (χ0) is 16.8. The summed E-state index contributed by atoms with van der Waals surface area (Å²) in [6, 6.07) is 0. The van der Waals surface area contributed by atoms with Crippen LogP contribution in [0.4, 0.5) is 17.6 Å². The van der Waals surface area contributed by atoms with Crippen molar-refractivity contribution in [2.45, 2.75) is 49.1 Å². The van der Waals surface area contributed by atoms with E-state index in [0.29, 0.717) is 12.8 Å². The first-order valence-corrected chi connectivity index (χ1v) is 7.94. The molecular weight excluding hydrogens is 336 g/mol. The van der Waals surface area contributed by atoms with Crippen LogP contribution >= 0.6 is 0 Å². The van der Waals surface area contributed by atoms with Crippen LogP contribution in [0.1, 0.15) is 25.7 Å². The molecule has 0 aromatic carbocycles. The quantitative estimate of drug-likeness (QED) is 0.445. The zero-order valence-electron chi connectivity index (χ0n) is 11.2. The summed E-state index contributed by atoms with van der Waals surface area (Å²) < 4.78 is 90.8. The Kier molecular flexibility index (Phi) is 4.44. The molecular formula is C11H14F4O6S. The Bertz CT molecular complexity index is 549. The monoisotopic (exact) mass is 350 g/mol. The maximum Gasteiger partial charge on any atom is 0.431 e. The van der Waals surface area contributed by atoms with E-state index in [2.05, 4.69) is 4.74 Å². The van der Waals surface area contributed by atoms with E-state index in [1.807, 2.05) is 0 Å². The van der Waals surface area contributed by atoms with Gasteiger partial charge in [-0.3, -0.25) is 9.35 Å². The number of carbonyl (C=O) groups excluding carboxylic acids is 1. The first kappa shape index (κ1) is 17.4. The summed E-state index contributed by atoms with van der Waals surface area (Å²) in [5.41, 5.74) is 0. The molecule has 6 nitrogen and oxygen atoms in total. The van der Waals surface area contributed by atoms with Crippen molar-refractivity contribution in [3.05, 3.63) is 0 Å². The van der Waals surface area contributed by atoms with Crippen LogP contribution in [0.25, 0.3) is 0 Å². The number of carbonyl (C=O) groups is 1. The minimum Gasteiger partial charge on any atom is -0.465 e. The van der Waals surface area contributed by atoms with Gasteiger partial charge in [0.1, 0.15) is 0 Å². The summed E-state index contributed by atoms with van der Waals surface area (Å²) in [5, 5.41) is -5.65. The van der Waals surface area contributed by atoms with Crippen LogP contribution in [-0.2, 0) is 24.4 Å². The van der Waals surface area contributed by atoms with E-state index in [1.54, 1.807) is 0 Å². The number of hydrogen-bond donors (Lipinski definition) is 1. The van der Waals surface area contributed by atoms with E-state index in [-0.39, 0.29) is 12.2 Å². The fourth-order valence-corrected chi connectivity index (χ4v) is 3.09. The fraction of sp³-hybridized carbons (Fsp3) is 0.909. The van der Waals surface area contributed by atoms with Crippen LogP contribution in [0.15, 0.2) is 0 Å². The molecule has 22 heavy (non-hydrogen) atoms. The van der Waals surface area contributed by atoms with Crippen molar-refractivity contribution in [2.75, 3.05) is 6.61 Å². The summed E-state index contributed by atoms with van der Waals surface area (Å²) in [4.78, 5) is 11.7. The maximum absolute atomic E-state index is 13.2. The lowest BCUT2D eigenvalue weighted by atomic mass is 9.89. The lowest BCUT2D eigenvalue weighted by Gasteiger charge is -2.24. The predicted octanol–water partition coefficient (Wildman–Crippen LogP) is 1.60. The van der Waals surface area contributed by atoms with Gasteiger partial charge in [-0.25, -0.2) is 0 Å². The normalized spacial score (nSPS) is 28.9. The third-order valence-electron chi connectivity index (χ3n) is 3.82. The number of rotatable bonds is 6. The molecule has 3 unspecified atom stereocenters. The van der Waals surface area contributed by atoms with Crippen LogP contribution in [0.3, 0.4) is 0 Å². The molecule has 0 aromatic rings. The van der Waals surface area contributed by atoms with Crippen LogP contribution in [-0.4, -0.2) is 48.9 Å². The van der Waals surface area contributed by atoms with Crippen molar-refractivity contribution in [1.29, 1.82) is 0 Å². The van der Waals surface area contributed by atoms with Crippen LogP contribution in [0, 0.1) is 5.92 Å². The number of fused-ring (bicyclic) bond motifs is 2. The average molecular weight is 350 g/mol. The molecule has 128 valence electrons. The number of hydrogen-bond acceptors (Lipinski definition) is 5. The highest BCUT2D eigenvalue weighted by Gasteiger charge is 2.65. The number of alkyl halides is 4. The smallest absolute Gasteiger partial charge is 0.431 e. The van der Waals surface area contributed by atoms with Gasteiger partial charge in [0.15, 0.2) is 0 Å². The summed E-state index contributed by atoms with van der Waals surface area (Å²) in [7, 11) is -6.28. The average Bonchev–Trinajstić information content (AvgIpc) is 2.98. The Labute approximate surface area is 123 Å². The van der Waals surface area contributed by atoms with Crippen LogP contribution < -0.4 is 0 Å². The third kappa shape index (κ3) is 3.06. The fourth-order valence-electron chi connectivity index (χ4n) is 2.61. The summed E-state index contributed by atoms with van der Waals surface area (Å²) in [5.74, 6) is -6.51. The number of esters is 1. The van der Waals surface area contributed by atoms with Crippen molar-refractivity contribution in [3.63, 3.8) is 0 Å². The second-order valence-corrected chi connectivity index (χ2v) is 6.79. The van der Waals surface area contributed by atoms with E-state index >= 15 is 0 Å². The topological polar surface area (TPSA) is 89.9 Å². The van der Waals surface area contributed by atoms with Crippen molar-refractivity contribution < 1.29 is 44.8 Å².